The molecule has 2 aliphatic rings. The SMILES string of the molecule is O=C1CCCC(=O)N1CCS(=O)(=O)N1CCC(Oc2nc3c(Cl)cccc3s2)CC1. The van der Waals surface area contributed by atoms with Gasteiger partial charge in [-0.2, -0.15) is 0 Å². The third kappa shape index (κ3) is 4.61. The highest BCUT2D eigenvalue weighted by Crippen LogP contribution is 2.33. The first-order valence-electron chi connectivity index (χ1n) is 9.86. The second-order valence-corrected chi connectivity index (χ2v) is 10.9. The number of hydrogen-bond donors (Lipinski definition) is 0. The number of imide groups is 1. The largest absolute Gasteiger partial charge is 0.467 e. The van der Waals surface area contributed by atoms with E-state index in [9.17, 15) is 18.0 Å². The van der Waals surface area contributed by atoms with E-state index >= 15 is 0 Å². The zero-order valence-electron chi connectivity index (χ0n) is 16.3. The van der Waals surface area contributed by atoms with E-state index in [4.69, 9.17) is 16.3 Å². The van der Waals surface area contributed by atoms with Crippen molar-refractivity contribution >= 4 is 55.0 Å². The molecule has 0 spiro atoms. The third-order valence-electron chi connectivity index (χ3n) is 5.37. The van der Waals surface area contributed by atoms with Crippen molar-refractivity contribution in [3.8, 4) is 5.19 Å². The van der Waals surface area contributed by atoms with E-state index in [0.29, 0.717) is 60.9 Å². The number of nitrogens with zero attached hydrogens (tertiary/aromatic N) is 3. The summed E-state index contributed by atoms with van der Waals surface area (Å²) in [7, 11) is -3.55. The lowest BCUT2D eigenvalue weighted by Gasteiger charge is -2.31. The van der Waals surface area contributed by atoms with Gasteiger partial charge in [0, 0.05) is 32.5 Å². The Bertz CT molecular complexity index is 1050. The quantitative estimate of drug-likeness (QED) is 0.601. The molecule has 162 valence electrons. The Morgan fingerprint density at radius 1 is 1.17 bits per heavy atom. The van der Waals surface area contributed by atoms with Crippen LogP contribution in [0.1, 0.15) is 32.1 Å². The molecule has 4 rings (SSSR count). The van der Waals surface area contributed by atoms with Crippen LogP contribution in [0.2, 0.25) is 5.02 Å². The van der Waals surface area contributed by atoms with E-state index in [1.165, 1.54) is 15.6 Å². The molecule has 0 saturated carbocycles. The molecule has 8 nitrogen and oxygen atoms in total. The number of piperidine rings is 2. The lowest BCUT2D eigenvalue weighted by molar-refractivity contribution is -0.147. The van der Waals surface area contributed by atoms with E-state index in [1.54, 1.807) is 6.07 Å². The molecule has 2 aliphatic heterocycles. The van der Waals surface area contributed by atoms with Gasteiger partial charge in [0.25, 0.3) is 5.19 Å². The summed E-state index contributed by atoms with van der Waals surface area (Å²) in [5, 5.41) is 1.10. The molecule has 11 heteroatoms. The smallest absolute Gasteiger partial charge is 0.274 e. The van der Waals surface area contributed by atoms with Gasteiger partial charge in [-0.25, -0.2) is 17.7 Å². The van der Waals surface area contributed by atoms with Crippen LogP contribution in [0.5, 0.6) is 5.19 Å². The number of likely N-dealkylation sites (tertiary alicyclic amines) is 1. The maximum atomic E-state index is 12.7. The highest BCUT2D eigenvalue weighted by Gasteiger charge is 2.32. The van der Waals surface area contributed by atoms with Gasteiger partial charge in [0.1, 0.15) is 11.6 Å². The molecule has 0 unspecified atom stereocenters. The van der Waals surface area contributed by atoms with Crippen LogP contribution in [0, 0.1) is 0 Å². The first kappa shape index (κ1) is 21.5. The summed E-state index contributed by atoms with van der Waals surface area (Å²) in [5.41, 5.74) is 0.709. The molecular formula is C19H22ClN3O5S2. The number of aromatic nitrogens is 1. The molecule has 1 aromatic heterocycles. The van der Waals surface area contributed by atoms with Crippen LogP contribution in [0.4, 0.5) is 0 Å². The van der Waals surface area contributed by atoms with E-state index in [0.717, 1.165) is 9.60 Å². The van der Waals surface area contributed by atoms with E-state index in [-0.39, 0.29) is 30.2 Å². The van der Waals surface area contributed by atoms with Crippen LogP contribution in [-0.2, 0) is 19.6 Å². The predicted octanol–water partition coefficient (Wildman–Crippen LogP) is 2.66. The summed E-state index contributed by atoms with van der Waals surface area (Å²) in [5.74, 6) is -0.819. The van der Waals surface area contributed by atoms with Crippen LogP contribution in [0.15, 0.2) is 18.2 Å². The van der Waals surface area contributed by atoms with Crippen molar-refractivity contribution in [3.63, 3.8) is 0 Å². The number of benzene rings is 1. The van der Waals surface area contributed by atoms with Gasteiger partial charge in [0.15, 0.2) is 0 Å². The Morgan fingerprint density at radius 2 is 1.87 bits per heavy atom. The number of amides is 2. The van der Waals surface area contributed by atoms with Crippen molar-refractivity contribution in [2.75, 3.05) is 25.4 Å². The van der Waals surface area contributed by atoms with E-state index < -0.39 is 10.0 Å². The number of carbonyl (C=O) groups excluding carboxylic acids is 2. The van der Waals surface area contributed by atoms with Crippen LogP contribution < -0.4 is 4.74 Å². The first-order valence-corrected chi connectivity index (χ1v) is 12.7. The second kappa shape index (κ2) is 8.78. The fourth-order valence-electron chi connectivity index (χ4n) is 3.70. The molecule has 2 saturated heterocycles. The molecule has 0 radical (unpaired) electrons. The van der Waals surface area contributed by atoms with Gasteiger partial charge >= 0.3 is 0 Å². The normalized spacial score (nSPS) is 19.6. The van der Waals surface area contributed by atoms with Crippen molar-refractivity contribution in [2.45, 2.75) is 38.2 Å². The van der Waals surface area contributed by atoms with Crippen molar-refractivity contribution in [1.29, 1.82) is 0 Å². The maximum Gasteiger partial charge on any atom is 0.274 e. The molecule has 2 aromatic rings. The van der Waals surface area contributed by atoms with Gasteiger partial charge in [-0.15, -0.1) is 0 Å². The molecule has 2 fully saturated rings. The number of ether oxygens (including phenoxy) is 1. The van der Waals surface area contributed by atoms with E-state index in [2.05, 4.69) is 4.98 Å². The minimum Gasteiger partial charge on any atom is -0.467 e. The van der Waals surface area contributed by atoms with Crippen molar-refractivity contribution < 1.29 is 22.7 Å². The molecule has 0 N–H and O–H groups in total. The van der Waals surface area contributed by atoms with Gasteiger partial charge in [-0.05, 0) is 31.4 Å². The maximum absolute atomic E-state index is 12.7. The number of thiazole rings is 1. The number of fused-ring (bicyclic) bond motifs is 1. The van der Waals surface area contributed by atoms with Gasteiger partial charge < -0.3 is 4.74 Å². The molecule has 3 heterocycles. The average Bonchev–Trinajstić information content (AvgIpc) is 3.12. The van der Waals surface area contributed by atoms with Crippen molar-refractivity contribution in [2.24, 2.45) is 0 Å². The summed E-state index contributed by atoms with van der Waals surface area (Å²) < 4.78 is 33.7. The van der Waals surface area contributed by atoms with Gasteiger partial charge in [-0.1, -0.05) is 29.0 Å². The standard InChI is InChI=1S/C19H22ClN3O5S2/c20-14-3-1-4-15-18(14)21-19(29-15)28-13-7-9-22(10-8-13)30(26,27)12-11-23-16(24)5-2-6-17(23)25/h1,3-4,13H,2,5-12H2. The number of hydrogen-bond acceptors (Lipinski definition) is 7. The zero-order chi connectivity index (χ0) is 21.3. The molecule has 1 aromatic carbocycles. The Labute approximate surface area is 183 Å². The van der Waals surface area contributed by atoms with Crippen LogP contribution in [0.3, 0.4) is 0 Å². The molecular weight excluding hydrogens is 450 g/mol. The third-order valence-corrected chi connectivity index (χ3v) is 8.44. The Balaban J connectivity index is 1.31. The van der Waals surface area contributed by atoms with Gasteiger partial charge in [0.2, 0.25) is 21.8 Å². The minimum absolute atomic E-state index is 0.0805. The number of carbonyl (C=O) groups is 2. The second-order valence-electron chi connectivity index (χ2n) is 7.39. The number of sulfonamides is 1. The molecule has 0 bridgehead atoms. The summed E-state index contributed by atoms with van der Waals surface area (Å²) in [6.07, 6.45) is 2.10. The number of halogens is 1. The van der Waals surface area contributed by atoms with Crippen molar-refractivity contribution in [3.05, 3.63) is 23.2 Å². The fraction of sp³-hybridized carbons (Fsp3) is 0.526. The summed E-state index contributed by atoms with van der Waals surface area (Å²) in [6, 6.07) is 5.57. The number of rotatable bonds is 6. The molecule has 2 amide bonds. The van der Waals surface area contributed by atoms with E-state index in [1.807, 2.05) is 12.1 Å². The minimum atomic E-state index is -3.55. The summed E-state index contributed by atoms with van der Waals surface area (Å²) in [6.45, 7) is 0.587. The highest BCUT2D eigenvalue weighted by atomic mass is 35.5. The lowest BCUT2D eigenvalue weighted by atomic mass is 10.1. The molecule has 0 aliphatic carbocycles. The van der Waals surface area contributed by atoms with Gasteiger partial charge in [-0.3, -0.25) is 14.5 Å². The first-order chi connectivity index (χ1) is 14.3. The zero-order valence-corrected chi connectivity index (χ0v) is 18.6. The summed E-state index contributed by atoms with van der Waals surface area (Å²) in [4.78, 5) is 29.2. The Morgan fingerprint density at radius 3 is 2.53 bits per heavy atom. The lowest BCUT2D eigenvalue weighted by Crippen LogP contribution is -2.47. The van der Waals surface area contributed by atoms with Crippen LogP contribution in [-0.4, -0.2) is 65.9 Å². The summed E-state index contributed by atoms with van der Waals surface area (Å²) >= 11 is 7.57. The fourth-order valence-corrected chi connectivity index (χ4v) is 6.32. The van der Waals surface area contributed by atoms with Gasteiger partial charge in [0.05, 0.1) is 15.5 Å². The average molecular weight is 472 g/mol. The number of para-hydroxylation sites is 1. The topological polar surface area (TPSA) is 96.9 Å². The Hall–Kier alpha value is -1.75. The monoisotopic (exact) mass is 471 g/mol. The predicted molar refractivity (Wildman–Crippen MR) is 114 cm³/mol. The van der Waals surface area contributed by atoms with Crippen LogP contribution >= 0.6 is 22.9 Å². The highest BCUT2D eigenvalue weighted by molar-refractivity contribution is 7.89. The molecule has 0 atom stereocenters. The van der Waals surface area contributed by atoms with Crippen molar-refractivity contribution in [1.82, 2.24) is 14.2 Å². The Kier molecular flexibility index (Phi) is 6.29. The van der Waals surface area contributed by atoms with Crippen LogP contribution in [0.25, 0.3) is 10.2 Å². The molecule has 30 heavy (non-hydrogen) atoms.